The Morgan fingerprint density at radius 1 is 1.10 bits per heavy atom. The summed E-state index contributed by atoms with van der Waals surface area (Å²) in [4.78, 5) is 35.7. The van der Waals surface area contributed by atoms with E-state index >= 15 is 0 Å². The maximum atomic E-state index is 12.5. The lowest BCUT2D eigenvalue weighted by molar-refractivity contribution is -0.137. The van der Waals surface area contributed by atoms with Gasteiger partial charge in [-0.1, -0.05) is 6.07 Å². The van der Waals surface area contributed by atoms with Crippen molar-refractivity contribution in [3.63, 3.8) is 0 Å². The van der Waals surface area contributed by atoms with Gasteiger partial charge >= 0.3 is 5.97 Å². The molecule has 150 valence electrons. The summed E-state index contributed by atoms with van der Waals surface area (Å²) >= 11 is 0. The molecule has 1 heterocycles. The molecule has 0 unspecified atom stereocenters. The molecule has 2 aromatic rings. The Balaban J connectivity index is 1.84. The van der Waals surface area contributed by atoms with Crippen molar-refractivity contribution in [2.45, 2.75) is 0 Å². The van der Waals surface area contributed by atoms with Crippen LogP contribution < -0.4 is 24.8 Å². The third-order valence-electron chi connectivity index (χ3n) is 3.95. The van der Waals surface area contributed by atoms with Gasteiger partial charge in [0.2, 0.25) is 6.79 Å². The first kappa shape index (κ1) is 19.7. The fourth-order valence-corrected chi connectivity index (χ4v) is 2.52. The predicted molar refractivity (Wildman–Crippen MR) is 102 cm³/mol. The summed E-state index contributed by atoms with van der Waals surface area (Å²) in [6.45, 7) is -0.488. The minimum Gasteiger partial charge on any atom is -0.497 e. The lowest BCUT2D eigenvalue weighted by Gasteiger charge is -2.11. The highest BCUT2D eigenvalue weighted by Crippen LogP contribution is 2.33. The Hall–Kier alpha value is -4.01. The minimum atomic E-state index is -1.21. The van der Waals surface area contributed by atoms with Crippen molar-refractivity contribution in [3.8, 4) is 17.2 Å². The number of aliphatic carboxylic acids is 1. The number of methoxy groups -OCH3 is 1. The first-order valence-corrected chi connectivity index (χ1v) is 8.53. The molecule has 9 heteroatoms. The summed E-state index contributed by atoms with van der Waals surface area (Å²) < 4.78 is 15.6. The van der Waals surface area contributed by atoms with E-state index in [9.17, 15) is 14.4 Å². The molecule has 3 rings (SSSR count). The number of hydrogen-bond acceptors (Lipinski definition) is 6. The number of carboxylic acids is 1. The first-order chi connectivity index (χ1) is 14.0. The zero-order chi connectivity index (χ0) is 20.8. The van der Waals surface area contributed by atoms with E-state index in [1.54, 1.807) is 42.5 Å². The normalized spacial score (nSPS) is 12.2. The summed E-state index contributed by atoms with van der Waals surface area (Å²) in [6, 6.07) is 11.3. The third-order valence-corrected chi connectivity index (χ3v) is 3.95. The average Bonchev–Trinajstić information content (AvgIpc) is 3.19. The molecular formula is C20H18N2O7. The van der Waals surface area contributed by atoms with Gasteiger partial charge in [0.25, 0.3) is 11.8 Å². The van der Waals surface area contributed by atoms with Crippen molar-refractivity contribution in [1.29, 1.82) is 0 Å². The monoisotopic (exact) mass is 398 g/mol. The second-order valence-electron chi connectivity index (χ2n) is 5.93. The van der Waals surface area contributed by atoms with Gasteiger partial charge in [-0.25, -0.2) is 0 Å². The van der Waals surface area contributed by atoms with Crippen LogP contribution in [0.5, 0.6) is 17.2 Å². The van der Waals surface area contributed by atoms with Crippen LogP contribution in [0.4, 0.5) is 0 Å². The molecule has 0 radical (unpaired) electrons. The lowest BCUT2D eigenvalue weighted by Crippen LogP contribution is -2.37. The van der Waals surface area contributed by atoms with E-state index in [0.29, 0.717) is 28.4 Å². The molecule has 2 amide bonds. The number of benzene rings is 2. The van der Waals surface area contributed by atoms with Crippen molar-refractivity contribution in [2.24, 2.45) is 0 Å². The summed E-state index contributed by atoms with van der Waals surface area (Å²) in [5, 5.41) is 13.5. The molecule has 29 heavy (non-hydrogen) atoms. The zero-order valence-electron chi connectivity index (χ0n) is 15.4. The van der Waals surface area contributed by atoms with E-state index in [4.69, 9.17) is 19.3 Å². The van der Waals surface area contributed by atoms with E-state index in [1.807, 2.05) is 0 Å². The third kappa shape index (κ3) is 5.04. The number of ether oxygens (including phenoxy) is 3. The Kier molecular flexibility index (Phi) is 5.98. The van der Waals surface area contributed by atoms with Crippen LogP contribution in [0.15, 0.2) is 48.2 Å². The zero-order valence-corrected chi connectivity index (χ0v) is 15.4. The van der Waals surface area contributed by atoms with Crippen LogP contribution in [0.3, 0.4) is 0 Å². The number of hydrogen-bond donors (Lipinski definition) is 3. The standard InChI is InChI=1S/C20H18N2O7/c1-27-14-5-3-13(4-6-14)19(25)22-15(20(26)21-10-18(23)24)8-12-2-7-16-17(9-12)29-11-28-16/h2-9H,10-11H2,1H3,(H,21,26)(H,22,25)(H,23,24)/b15-8+. The van der Waals surface area contributed by atoms with Gasteiger partial charge in [0, 0.05) is 5.56 Å². The molecule has 0 aliphatic carbocycles. The molecule has 0 bridgehead atoms. The first-order valence-electron chi connectivity index (χ1n) is 8.53. The highest BCUT2D eigenvalue weighted by atomic mass is 16.7. The quantitative estimate of drug-likeness (QED) is 0.602. The molecule has 0 saturated heterocycles. The number of carbonyl (C=O) groups is 3. The molecule has 0 saturated carbocycles. The van der Waals surface area contributed by atoms with E-state index in [2.05, 4.69) is 10.6 Å². The number of amides is 2. The molecule has 0 atom stereocenters. The largest absolute Gasteiger partial charge is 0.497 e. The second-order valence-corrected chi connectivity index (χ2v) is 5.93. The van der Waals surface area contributed by atoms with Gasteiger partial charge in [0.05, 0.1) is 7.11 Å². The summed E-state index contributed by atoms with van der Waals surface area (Å²) in [7, 11) is 1.51. The van der Waals surface area contributed by atoms with Crippen LogP contribution >= 0.6 is 0 Å². The molecule has 1 aliphatic heterocycles. The van der Waals surface area contributed by atoms with E-state index in [-0.39, 0.29) is 12.5 Å². The van der Waals surface area contributed by atoms with E-state index in [0.717, 1.165) is 0 Å². The van der Waals surface area contributed by atoms with Crippen molar-refractivity contribution < 1.29 is 33.7 Å². The van der Waals surface area contributed by atoms with Gasteiger partial charge in [-0.2, -0.15) is 0 Å². The van der Waals surface area contributed by atoms with Gasteiger partial charge < -0.3 is 30.0 Å². The molecule has 3 N–H and O–H groups in total. The number of carboxylic acid groups (broad SMARTS) is 1. The molecule has 0 aromatic heterocycles. The van der Waals surface area contributed by atoms with Crippen LogP contribution in [0.1, 0.15) is 15.9 Å². The summed E-state index contributed by atoms with van der Waals surface area (Å²) in [5.74, 6) is -0.831. The highest BCUT2D eigenvalue weighted by molar-refractivity contribution is 6.05. The molecule has 0 fully saturated rings. The van der Waals surface area contributed by atoms with E-state index in [1.165, 1.54) is 13.2 Å². The van der Waals surface area contributed by atoms with Crippen molar-refractivity contribution in [3.05, 3.63) is 59.3 Å². The molecule has 0 spiro atoms. The Morgan fingerprint density at radius 2 is 1.83 bits per heavy atom. The summed E-state index contributed by atoms with van der Waals surface area (Å²) in [5.41, 5.74) is 0.740. The fraction of sp³-hybridized carbons (Fsp3) is 0.150. The second kappa shape index (κ2) is 8.79. The molecular weight excluding hydrogens is 380 g/mol. The van der Waals surface area contributed by atoms with Crippen LogP contribution in [0.2, 0.25) is 0 Å². The van der Waals surface area contributed by atoms with Gasteiger partial charge in [0.15, 0.2) is 11.5 Å². The van der Waals surface area contributed by atoms with Crippen LogP contribution in [-0.2, 0) is 9.59 Å². The maximum absolute atomic E-state index is 12.5. The Labute approximate surface area is 165 Å². The van der Waals surface area contributed by atoms with Crippen LogP contribution in [0.25, 0.3) is 6.08 Å². The van der Waals surface area contributed by atoms with Gasteiger partial charge in [-0.15, -0.1) is 0 Å². The van der Waals surface area contributed by atoms with Crippen LogP contribution in [-0.4, -0.2) is 43.3 Å². The van der Waals surface area contributed by atoms with Gasteiger partial charge in [-0.05, 0) is 48.0 Å². The highest BCUT2D eigenvalue weighted by Gasteiger charge is 2.17. The van der Waals surface area contributed by atoms with E-state index < -0.39 is 24.3 Å². The smallest absolute Gasteiger partial charge is 0.322 e. The Bertz CT molecular complexity index is 967. The SMILES string of the molecule is COc1ccc(C(=O)N/C(=C/c2ccc3c(c2)OCO3)C(=O)NCC(=O)O)cc1. The number of nitrogens with one attached hydrogen (secondary N) is 2. The maximum Gasteiger partial charge on any atom is 0.322 e. The van der Waals surface area contributed by atoms with Crippen molar-refractivity contribution in [2.75, 3.05) is 20.4 Å². The predicted octanol–water partition coefficient (Wildman–Crippen LogP) is 1.40. The van der Waals surface area contributed by atoms with Crippen LogP contribution in [0, 0.1) is 0 Å². The number of carbonyl (C=O) groups excluding carboxylic acids is 2. The number of rotatable bonds is 7. The van der Waals surface area contributed by atoms with Crippen molar-refractivity contribution in [1.82, 2.24) is 10.6 Å². The number of fused-ring (bicyclic) bond motifs is 1. The topological polar surface area (TPSA) is 123 Å². The Morgan fingerprint density at radius 3 is 2.52 bits per heavy atom. The fourth-order valence-electron chi connectivity index (χ4n) is 2.52. The molecule has 1 aliphatic rings. The van der Waals surface area contributed by atoms with Crippen molar-refractivity contribution >= 4 is 23.9 Å². The van der Waals surface area contributed by atoms with Gasteiger partial charge in [0.1, 0.15) is 18.0 Å². The lowest BCUT2D eigenvalue weighted by atomic mass is 10.1. The van der Waals surface area contributed by atoms with Gasteiger partial charge in [-0.3, -0.25) is 14.4 Å². The molecule has 9 nitrogen and oxygen atoms in total. The molecule has 2 aromatic carbocycles. The summed E-state index contributed by atoms with van der Waals surface area (Å²) in [6.07, 6.45) is 1.42. The minimum absolute atomic E-state index is 0.0999. The average molecular weight is 398 g/mol.